The molecule has 4 aromatic rings. The van der Waals surface area contributed by atoms with E-state index in [0.29, 0.717) is 22.9 Å². The lowest BCUT2D eigenvalue weighted by Crippen LogP contribution is -2.24. The first kappa shape index (κ1) is 21.1. The topological polar surface area (TPSA) is 81.3 Å². The Morgan fingerprint density at radius 3 is 2.52 bits per heavy atom. The van der Waals surface area contributed by atoms with Crippen molar-refractivity contribution in [3.8, 4) is 0 Å². The number of hydrogen-bond acceptors (Lipinski definition) is 5. The molecule has 0 bridgehead atoms. The average molecular weight is 436 g/mol. The summed E-state index contributed by atoms with van der Waals surface area (Å²) in [4.78, 5) is 25.9. The standard InChI is InChI=1S/C23H25N5O2S/c1-5-13-27-21(30)17-11-6-7-12-18(17)28-22(27)25-26-23(28)31-16(4)20(29)24-19-14(2)9-8-10-15(19)3/h6-12,16H,5,13H2,1-4H3,(H,24,29). The average Bonchev–Trinajstić information content (AvgIpc) is 3.17. The molecule has 0 aliphatic rings. The second kappa shape index (κ2) is 8.55. The minimum absolute atomic E-state index is 0.0743. The number of carbonyl (C=O) groups excluding carboxylic acids is 1. The van der Waals surface area contributed by atoms with Gasteiger partial charge in [0, 0.05) is 12.2 Å². The summed E-state index contributed by atoms with van der Waals surface area (Å²) < 4.78 is 3.53. The zero-order valence-electron chi connectivity index (χ0n) is 18.0. The molecule has 2 aromatic heterocycles. The fourth-order valence-electron chi connectivity index (χ4n) is 3.68. The maximum Gasteiger partial charge on any atom is 0.262 e. The Bertz CT molecular complexity index is 1320. The summed E-state index contributed by atoms with van der Waals surface area (Å²) in [5.74, 6) is 0.390. The lowest BCUT2D eigenvalue weighted by molar-refractivity contribution is -0.115. The third-order valence-corrected chi connectivity index (χ3v) is 6.35. The lowest BCUT2D eigenvalue weighted by Gasteiger charge is -2.15. The van der Waals surface area contributed by atoms with Crippen LogP contribution >= 0.6 is 11.8 Å². The Labute approximate surface area is 184 Å². The lowest BCUT2D eigenvalue weighted by atomic mass is 10.1. The summed E-state index contributed by atoms with van der Waals surface area (Å²) in [5.41, 5.74) is 3.55. The number of fused-ring (bicyclic) bond motifs is 3. The Morgan fingerprint density at radius 1 is 1.10 bits per heavy atom. The van der Waals surface area contributed by atoms with Crippen molar-refractivity contribution >= 4 is 40.0 Å². The Kier molecular flexibility index (Phi) is 5.82. The normalized spacial score (nSPS) is 12.4. The van der Waals surface area contributed by atoms with Crippen molar-refractivity contribution < 1.29 is 4.79 Å². The highest BCUT2D eigenvalue weighted by atomic mass is 32.2. The van der Waals surface area contributed by atoms with E-state index >= 15 is 0 Å². The van der Waals surface area contributed by atoms with Gasteiger partial charge in [-0.25, -0.2) is 0 Å². The van der Waals surface area contributed by atoms with Crippen molar-refractivity contribution in [2.24, 2.45) is 0 Å². The van der Waals surface area contributed by atoms with Crippen LogP contribution in [0.4, 0.5) is 5.69 Å². The summed E-state index contributed by atoms with van der Waals surface area (Å²) >= 11 is 1.33. The first-order valence-corrected chi connectivity index (χ1v) is 11.2. The monoisotopic (exact) mass is 435 g/mol. The maximum absolute atomic E-state index is 12.9. The Morgan fingerprint density at radius 2 is 1.81 bits per heavy atom. The van der Waals surface area contributed by atoms with Gasteiger partial charge in [-0.15, -0.1) is 10.2 Å². The van der Waals surface area contributed by atoms with Crippen molar-refractivity contribution in [3.63, 3.8) is 0 Å². The molecule has 1 N–H and O–H groups in total. The number of benzene rings is 2. The van der Waals surface area contributed by atoms with Gasteiger partial charge in [0.15, 0.2) is 5.16 Å². The van der Waals surface area contributed by atoms with Gasteiger partial charge in [0.05, 0.1) is 16.2 Å². The van der Waals surface area contributed by atoms with Crippen LogP contribution in [0.1, 0.15) is 31.4 Å². The fourth-order valence-corrected chi connectivity index (χ4v) is 4.54. The summed E-state index contributed by atoms with van der Waals surface area (Å²) in [5, 5.41) is 12.5. The summed E-state index contributed by atoms with van der Waals surface area (Å²) in [7, 11) is 0. The predicted octanol–water partition coefficient (Wildman–Crippen LogP) is 4.19. The number of rotatable bonds is 6. The van der Waals surface area contributed by atoms with E-state index in [9.17, 15) is 9.59 Å². The molecule has 160 valence electrons. The zero-order valence-corrected chi connectivity index (χ0v) is 18.9. The maximum atomic E-state index is 12.9. The van der Waals surface area contributed by atoms with Crippen LogP contribution in [-0.4, -0.2) is 30.3 Å². The Balaban J connectivity index is 1.72. The number of aromatic nitrogens is 4. The van der Waals surface area contributed by atoms with Crippen LogP contribution in [0, 0.1) is 13.8 Å². The molecule has 7 nitrogen and oxygen atoms in total. The number of nitrogens with one attached hydrogen (secondary N) is 1. The van der Waals surface area contributed by atoms with Gasteiger partial charge in [-0.1, -0.05) is 49.0 Å². The van der Waals surface area contributed by atoms with E-state index in [1.807, 2.05) is 74.6 Å². The molecule has 2 aromatic carbocycles. The number of nitrogens with zero attached hydrogens (tertiary/aromatic N) is 4. The molecule has 0 aliphatic carbocycles. The van der Waals surface area contributed by atoms with Gasteiger partial charge < -0.3 is 5.32 Å². The van der Waals surface area contributed by atoms with E-state index in [-0.39, 0.29) is 11.5 Å². The molecule has 1 unspecified atom stereocenters. The number of aryl methyl sites for hydroxylation is 3. The van der Waals surface area contributed by atoms with E-state index < -0.39 is 5.25 Å². The number of hydrogen-bond donors (Lipinski definition) is 1. The number of anilines is 1. The third kappa shape index (κ3) is 3.83. The minimum atomic E-state index is -0.406. The predicted molar refractivity (Wildman–Crippen MR) is 125 cm³/mol. The summed E-state index contributed by atoms with van der Waals surface area (Å²) in [6, 6.07) is 13.4. The molecule has 2 heterocycles. The molecule has 8 heteroatoms. The van der Waals surface area contributed by atoms with Crippen LogP contribution in [0.5, 0.6) is 0 Å². The van der Waals surface area contributed by atoms with E-state index in [2.05, 4.69) is 15.5 Å². The van der Waals surface area contributed by atoms with Gasteiger partial charge in [0.2, 0.25) is 11.7 Å². The van der Waals surface area contributed by atoms with Crippen LogP contribution in [0.2, 0.25) is 0 Å². The molecule has 1 amide bonds. The molecule has 1 atom stereocenters. The first-order chi connectivity index (χ1) is 14.9. The highest BCUT2D eigenvalue weighted by Gasteiger charge is 2.22. The molecule has 0 saturated carbocycles. The van der Waals surface area contributed by atoms with Gasteiger partial charge in [0.1, 0.15) is 0 Å². The van der Waals surface area contributed by atoms with E-state index in [0.717, 1.165) is 28.8 Å². The van der Waals surface area contributed by atoms with E-state index in [1.165, 1.54) is 11.8 Å². The molecular weight excluding hydrogens is 410 g/mol. The van der Waals surface area contributed by atoms with Crippen molar-refractivity contribution in [2.75, 3.05) is 5.32 Å². The fraction of sp³-hybridized carbons (Fsp3) is 0.304. The molecule has 0 fully saturated rings. The smallest absolute Gasteiger partial charge is 0.262 e. The number of amides is 1. The minimum Gasteiger partial charge on any atom is -0.325 e. The van der Waals surface area contributed by atoms with Crippen molar-refractivity contribution in [1.82, 2.24) is 19.2 Å². The van der Waals surface area contributed by atoms with Crippen LogP contribution in [0.25, 0.3) is 16.7 Å². The van der Waals surface area contributed by atoms with Gasteiger partial charge in [-0.2, -0.15) is 0 Å². The summed E-state index contributed by atoms with van der Waals surface area (Å²) in [6.07, 6.45) is 0.803. The largest absolute Gasteiger partial charge is 0.325 e. The first-order valence-electron chi connectivity index (χ1n) is 10.3. The highest BCUT2D eigenvalue weighted by Crippen LogP contribution is 2.27. The van der Waals surface area contributed by atoms with Gasteiger partial charge >= 0.3 is 0 Å². The van der Waals surface area contributed by atoms with E-state index in [4.69, 9.17) is 0 Å². The van der Waals surface area contributed by atoms with Crippen molar-refractivity contribution in [3.05, 3.63) is 63.9 Å². The van der Waals surface area contributed by atoms with Crippen LogP contribution in [-0.2, 0) is 11.3 Å². The van der Waals surface area contributed by atoms with Crippen LogP contribution < -0.4 is 10.9 Å². The second-order valence-electron chi connectivity index (χ2n) is 7.61. The zero-order chi connectivity index (χ0) is 22.1. The second-order valence-corrected chi connectivity index (χ2v) is 8.92. The van der Waals surface area contributed by atoms with Gasteiger partial charge in [0.25, 0.3) is 5.56 Å². The summed E-state index contributed by atoms with van der Waals surface area (Å²) in [6.45, 7) is 8.37. The molecule has 0 aliphatic heterocycles. The third-order valence-electron chi connectivity index (χ3n) is 5.31. The Hall–Kier alpha value is -3.13. The number of thioether (sulfide) groups is 1. The highest BCUT2D eigenvalue weighted by molar-refractivity contribution is 8.00. The number of carbonyl (C=O) groups is 1. The molecular formula is C23H25N5O2S. The molecule has 4 rings (SSSR count). The molecule has 0 radical (unpaired) electrons. The molecule has 0 spiro atoms. The van der Waals surface area contributed by atoms with Crippen LogP contribution in [0.3, 0.4) is 0 Å². The van der Waals surface area contributed by atoms with Crippen molar-refractivity contribution in [1.29, 1.82) is 0 Å². The van der Waals surface area contributed by atoms with Crippen molar-refractivity contribution in [2.45, 2.75) is 51.1 Å². The quantitative estimate of drug-likeness (QED) is 0.459. The SMILES string of the molecule is CCCn1c(=O)c2ccccc2n2c(SC(C)C(=O)Nc3c(C)cccc3C)nnc12. The molecule has 0 saturated heterocycles. The van der Waals surface area contributed by atoms with Gasteiger partial charge in [-0.3, -0.25) is 18.6 Å². The van der Waals surface area contributed by atoms with Crippen LogP contribution in [0.15, 0.2) is 52.4 Å². The molecule has 31 heavy (non-hydrogen) atoms. The number of para-hydroxylation sites is 2. The van der Waals surface area contributed by atoms with E-state index in [1.54, 1.807) is 4.57 Å². The van der Waals surface area contributed by atoms with Gasteiger partial charge in [-0.05, 0) is 50.5 Å².